The fourth-order valence-corrected chi connectivity index (χ4v) is 3.04. The zero-order chi connectivity index (χ0) is 25.6. The fourth-order valence-electron chi connectivity index (χ4n) is 2.82. The number of carbonyl (C=O) groups excluding carboxylic acids is 5. The Labute approximate surface area is 201 Å². The number of ketones is 1. The van der Waals surface area contributed by atoms with Crippen LogP contribution in [0.15, 0.2) is 36.4 Å². The number of benzene rings is 2. The molecule has 12 heteroatoms. The molecule has 1 aliphatic rings. The van der Waals surface area contributed by atoms with E-state index >= 15 is 0 Å². The van der Waals surface area contributed by atoms with E-state index in [0.717, 1.165) is 0 Å². The Bertz CT molecular complexity index is 1200. The van der Waals surface area contributed by atoms with Gasteiger partial charge in [-0.3, -0.25) is 24.0 Å². The highest BCUT2D eigenvalue weighted by atomic mass is 35.5. The SMILES string of the molecule is O=C(O)CCC(=O)c1ccc2c(c1)C(=O)OC2=O.O=C(O)Cc1cc(C(=O)Cl)cc(C(=O)Cl)c1. The molecule has 0 fully saturated rings. The molecule has 0 amide bonds. The monoisotopic (exact) mass is 508 g/mol. The molecule has 2 aromatic carbocycles. The van der Waals surface area contributed by atoms with Crippen LogP contribution in [0.4, 0.5) is 0 Å². The number of carboxylic acids is 2. The van der Waals surface area contributed by atoms with Crippen LogP contribution in [-0.4, -0.2) is 50.4 Å². The summed E-state index contributed by atoms with van der Waals surface area (Å²) in [4.78, 5) is 76.8. The highest BCUT2D eigenvalue weighted by Gasteiger charge is 2.30. The lowest BCUT2D eigenvalue weighted by molar-refractivity contribution is -0.137. The Kier molecular flexibility index (Phi) is 8.76. The van der Waals surface area contributed by atoms with Gasteiger partial charge in [-0.2, -0.15) is 0 Å². The van der Waals surface area contributed by atoms with Crippen LogP contribution in [0.5, 0.6) is 0 Å². The number of carbonyl (C=O) groups is 7. The number of fused-ring (bicyclic) bond motifs is 1. The molecule has 176 valence electrons. The fraction of sp³-hybridized carbons (Fsp3) is 0.136. The number of esters is 2. The van der Waals surface area contributed by atoms with Gasteiger partial charge in [0.1, 0.15) is 0 Å². The van der Waals surface area contributed by atoms with E-state index in [4.69, 9.17) is 33.4 Å². The van der Waals surface area contributed by atoms with Crippen molar-refractivity contribution >= 4 is 63.3 Å². The zero-order valence-electron chi connectivity index (χ0n) is 17.0. The van der Waals surface area contributed by atoms with Gasteiger partial charge < -0.3 is 14.9 Å². The Hall–Kier alpha value is -3.89. The van der Waals surface area contributed by atoms with Gasteiger partial charge in [0.2, 0.25) is 0 Å². The molecule has 0 bridgehead atoms. The largest absolute Gasteiger partial charge is 0.481 e. The van der Waals surface area contributed by atoms with E-state index in [-0.39, 0.29) is 47.1 Å². The molecule has 0 atom stereocenters. The van der Waals surface area contributed by atoms with E-state index in [0.29, 0.717) is 5.56 Å². The molecule has 34 heavy (non-hydrogen) atoms. The van der Waals surface area contributed by atoms with Crippen molar-refractivity contribution in [1.29, 1.82) is 0 Å². The van der Waals surface area contributed by atoms with E-state index in [1.165, 1.54) is 36.4 Å². The number of cyclic esters (lactones) is 2. The highest BCUT2D eigenvalue weighted by molar-refractivity contribution is 6.69. The average molecular weight is 509 g/mol. The molecule has 0 aromatic heterocycles. The van der Waals surface area contributed by atoms with Crippen LogP contribution in [-0.2, 0) is 20.7 Å². The van der Waals surface area contributed by atoms with Gasteiger partial charge >= 0.3 is 23.9 Å². The summed E-state index contributed by atoms with van der Waals surface area (Å²) in [6.07, 6.45) is -0.744. The van der Waals surface area contributed by atoms with Crippen molar-refractivity contribution in [2.75, 3.05) is 0 Å². The van der Waals surface area contributed by atoms with Crippen LogP contribution in [0, 0.1) is 0 Å². The van der Waals surface area contributed by atoms with Crippen molar-refractivity contribution in [2.24, 2.45) is 0 Å². The van der Waals surface area contributed by atoms with Gasteiger partial charge in [-0.05, 0) is 59.1 Å². The molecule has 0 aliphatic carbocycles. The minimum atomic E-state index is -1.08. The molecule has 0 unspecified atom stereocenters. The maximum Gasteiger partial charge on any atom is 0.346 e. The molecule has 1 aliphatic heterocycles. The molecular formula is C22H14Cl2O10. The van der Waals surface area contributed by atoms with E-state index in [1.54, 1.807) is 0 Å². The van der Waals surface area contributed by atoms with Crippen molar-refractivity contribution in [2.45, 2.75) is 19.3 Å². The van der Waals surface area contributed by atoms with Crippen LogP contribution in [0.1, 0.15) is 70.2 Å². The molecule has 0 saturated carbocycles. The van der Waals surface area contributed by atoms with E-state index in [9.17, 15) is 33.6 Å². The predicted molar refractivity (Wildman–Crippen MR) is 116 cm³/mol. The summed E-state index contributed by atoms with van der Waals surface area (Å²) in [5.74, 6) is -4.07. The van der Waals surface area contributed by atoms with Gasteiger partial charge in [0.15, 0.2) is 5.78 Å². The number of ether oxygens (including phenoxy) is 1. The number of aliphatic carboxylic acids is 2. The molecule has 10 nitrogen and oxygen atoms in total. The van der Waals surface area contributed by atoms with Gasteiger partial charge in [0, 0.05) is 23.1 Å². The van der Waals surface area contributed by atoms with Crippen molar-refractivity contribution in [1.82, 2.24) is 0 Å². The molecule has 0 radical (unpaired) electrons. The van der Waals surface area contributed by atoms with Crippen LogP contribution >= 0.6 is 23.2 Å². The molecule has 0 spiro atoms. The van der Waals surface area contributed by atoms with Crippen molar-refractivity contribution in [3.63, 3.8) is 0 Å². The smallest absolute Gasteiger partial charge is 0.346 e. The number of rotatable bonds is 8. The van der Waals surface area contributed by atoms with Gasteiger partial charge in [-0.25, -0.2) is 9.59 Å². The average Bonchev–Trinajstić information content (AvgIpc) is 3.04. The first-order valence-electron chi connectivity index (χ1n) is 9.30. The summed E-state index contributed by atoms with van der Waals surface area (Å²) in [6, 6.07) is 7.81. The van der Waals surface area contributed by atoms with E-state index < -0.39 is 40.1 Å². The van der Waals surface area contributed by atoms with Crippen molar-refractivity contribution < 1.29 is 48.5 Å². The minimum absolute atomic E-state index is 0.0428. The van der Waals surface area contributed by atoms with E-state index in [1.807, 2.05) is 0 Å². The van der Waals surface area contributed by atoms with Gasteiger partial charge in [-0.15, -0.1) is 0 Å². The Balaban J connectivity index is 0.000000242. The van der Waals surface area contributed by atoms with Crippen molar-refractivity contribution in [3.8, 4) is 0 Å². The maximum atomic E-state index is 11.6. The van der Waals surface area contributed by atoms with Gasteiger partial charge in [0.05, 0.1) is 24.0 Å². The summed E-state index contributed by atoms with van der Waals surface area (Å²) >= 11 is 10.5. The normalized spacial score (nSPS) is 11.6. The number of hydrogen-bond donors (Lipinski definition) is 2. The Morgan fingerprint density at radius 2 is 1.26 bits per heavy atom. The first-order chi connectivity index (χ1) is 15.9. The first-order valence-corrected chi connectivity index (χ1v) is 10.1. The lowest BCUT2D eigenvalue weighted by atomic mass is 10.0. The maximum absolute atomic E-state index is 11.6. The number of carboxylic acid groups (broad SMARTS) is 2. The third-order valence-electron chi connectivity index (χ3n) is 4.33. The lowest BCUT2D eigenvalue weighted by Gasteiger charge is -2.02. The molecule has 1 heterocycles. The van der Waals surface area contributed by atoms with Crippen molar-refractivity contribution in [3.05, 3.63) is 69.8 Å². The summed E-state index contributed by atoms with van der Waals surface area (Å²) in [7, 11) is 0. The lowest BCUT2D eigenvalue weighted by Crippen LogP contribution is -2.05. The molecular weight excluding hydrogens is 495 g/mol. The second-order valence-corrected chi connectivity index (χ2v) is 7.48. The molecule has 2 aromatic rings. The van der Waals surface area contributed by atoms with Crippen LogP contribution in [0.2, 0.25) is 0 Å². The second kappa shape index (κ2) is 11.3. The molecule has 3 rings (SSSR count). The predicted octanol–water partition coefficient (Wildman–Crippen LogP) is 3.12. The summed E-state index contributed by atoms with van der Waals surface area (Å²) in [5.41, 5.74) is 0.745. The summed E-state index contributed by atoms with van der Waals surface area (Å²) in [6.45, 7) is 0. The third kappa shape index (κ3) is 7.06. The number of Topliss-reactive ketones (excluding diaryl/α,β-unsaturated/α-hetero) is 1. The molecule has 2 N–H and O–H groups in total. The summed E-state index contributed by atoms with van der Waals surface area (Å²) < 4.78 is 4.38. The van der Waals surface area contributed by atoms with Gasteiger partial charge in [0.25, 0.3) is 10.5 Å². The van der Waals surface area contributed by atoms with Crippen LogP contribution in [0.3, 0.4) is 0 Å². The Morgan fingerprint density at radius 3 is 1.76 bits per heavy atom. The number of hydrogen-bond acceptors (Lipinski definition) is 8. The van der Waals surface area contributed by atoms with Crippen LogP contribution in [0.25, 0.3) is 0 Å². The van der Waals surface area contributed by atoms with Crippen LogP contribution < -0.4 is 0 Å². The summed E-state index contributed by atoms with van der Waals surface area (Å²) in [5, 5.41) is 15.5. The Morgan fingerprint density at radius 1 is 0.706 bits per heavy atom. The quantitative estimate of drug-likeness (QED) is 0.233. The first kappa shape index (κ1) is 26.4. The third-order valence-corrected chi connectivity index (χ3v) is 4.77. The molecule has 0 saturated heterocycles. The van der Waals surface area contributed by atoms with Gasteiger partial charge in [-0.1, -0.05) is 6.07 Å². The standard InChI is InChI=1S/C12H8O6.C10H6Cl2O4/c13-9(3-4-10(14)15)6-1-2-7-8(5-6)12(17)18-11(7)16;11-9(15)6-1-5(3-8(13)14)2-7(4-6)10(12)16/h1-2,5H,3-4H2,(H,14,15);1-2,4H,3H2,(H,13,14). The highest BCUT2D eigenvalue weighted by Crippen LogP contribution is 2.22. The second-order valence-electron chi connectivity index (χ2n) is 6.79. The van der Waals surface area contributed by atoms with E-state index in [2.05, 4.69) is 4.74 Å². The number of halogens is 2. The topological polar surface area (TPSA) is 169 Å². The zero-order valence-corrected chi connectivity index (χ0v) is 18.5. The minimum Gasteiger partial charge on any atom is -0.481 e.